The first-order chi connectivity index (χ1) is 13.3. The summed E-state index contributed by atoms with van der Waals surface area (Å²) in [5.41, 5.74) is 5.86. The van der Waals surface area contributed by atoms with Gasteiger partial charge in [0.2, 0.25) is 5.43 Å². The molecule has 2 aliphatic carbocycles. The molecule has 2 aromatic heterocycles. The first kappa shape index (κ1) is 17.4. The molecule has 9 heteroatoms. The molecule has 3 N–H and O–H groups in total. The van der Waals surface area contributed by atoms with E-state index in [1.54, 1.807) is 4.57 Å². The Kier molecular flexibility index (Phi) is 3.52. The molecule has 2 saturated carbocycles. The van der Waals surface area contributed by atoms with Gasteiger partial charge in [-0.2, -0.15) is 0 Å². The van der Waals surface area contributed by atoms with Gasteiger partial charge in [0.05, 0.1) is 11.6 Å². The Morgan fingerprint density at radius 3 is 2.82 bits per heavy atom. The van der Waals surface area contributed by atoms with Crippen LogP contribution in [0.2, 0.25) is 0 Å². The highest BCUT2D eigenvalue weighted by atomic mass is 19.1. The first-order valence-corrected chi connectivity index (χ1v) is 9.43. The van der Waals surface area contributed by atoms with Gasteiger partial charge in [-0.25, -0.2) is 14.2 Å². The van der Waals surface area contributed by atoms with Gasteiger partial charge in [0.15, 0.2) is 17.4 Å². The van der Waals surface area contributed by atoms with Crippen LogP contribution >= 0.6 is 0 Å². The van der Waals surface area contributed by atoms with Crippen LogP contribution in [0, 0.1) is 17.2 Å². The average Bonchev–Trinajstić information content (AvgIpc) is 3.41. The summed E-state index contributed by atoms with van der Waals surface area (Å²) in [6.45, 7) is 3.48. The van der Waals surface area contributed by atoms with Crippen molar-refractivity contribution in [3.8, 4) is 5.75 Å². The summed E-state index contributed by atoms with van der Waals surface area (Å²) >= 11 is 0. The Balaban J connectivity index is 1.63. The SMILES string of the molecule is C[C@]12C[C@H](N)[C@@H]1CN(c1nc3c(cc1F)c(=O)c(OC(=O)O)cn3C1CC1)C2. The molecule has 8 nitrogen and oxygen atoms in total. The van der Waals surface area contributed by atoms with Gasteiger partial charge < -0.3 is 25.0 Å². The number of hydrogen-bond donors (Lipinski definition) is 2. The zero-order valence-electron chi connectivity index (χ0n) is 15.4. The molecule has 5 rings (SSSR count). The van der Waals surface area contributed by atoms with E-state index in [0.717, 1.165) is 25.3 Å². The van der Waals surface area contributed by atoms with E-state index in [-0.39, 0.29) is 34.5 Å². The molecule has 0 unspecified atom stereocenters. The summed E-state index contributed by atoms with van der Waals surface area (Å²) in [6.07, 6.45) is 2.47. The van der Waals surface area contributed by atoms with Crippen molar-refractivity contribution in [3.05, 3.63) is 28.3 Å². The Labute approximate surface area is 159 Å². The van der Waals surface area contributed by atoms with Crippen molar-refractivity contribution in [2.24, 2.45) is 17.1 Å². The van der Waals surface area contributed by atoms with E-state index in [2.05, 4.69) is 16.6 Å². The molecular weight excluding hydrogens is 367 g/mol. The van der Waals surface area contributed by atoms with Crippen LogP contribution in [-0.2, 0) is 0 Å². The number of ether oxygens (including phenoxy) is 1. The lowest BCUT2D eigenvalue weighted by molar-refractivity contribution is 0.0771. The summed E-state index contributed by atoms with van der Waals surface area (Å²) in [5.74, 6) is -0.408. The second-order valence-corrected chi connectivity index (χ2v) is 8.50. The number of fused-ring (bicyclic) bond motifs is 2. The summed E-state index contributed by atoms with van der Waals surface area (Å²) < 4.78 is 21.3. The van der Waals surface area contributed by atoms with Gasteiger partial charge in [-0.05, 0) is 36.7 Å². The average molecular weight is 388 g/mol. The number of anilines is 1. The van der Waals surface area contributed by atoms with Crippen LogP contribution < -0.4 is 20.8 Å². The second-order valence-electron chi connectivity index (χ2n) is 8.50. The molecule has 1 aliphatic heterocycles. The number of nitrogens with two attached hydrogens (primary N) is 1. The molecule has 1 saturated heterocycles. The number of hydrogen-bond acceptors (Lipinski definition) is 6. The van der Waals surface area contributed by atoms with E-state index >= 15 is 0 Å². The zero-order chi connectivity index (χ0) is 19.8. The number of halogens is 1. The third kappa shape index (κ3) is 2.49. The van der Waals surface area contributed by atoms with Gasteiger partial charge in [0.1, 0.15) is 5.65 Å². The largest absolute Gasteiger partial charge is 0.511 e. The lowest BCUT2D eigenvalue weighted by atomic mass is 9.60. The number of aromatic nitrogens is 2. The lowest BCUT2D eigenvalue weighted by Gasteiger charge is -2.46. The van der Waals surface area contributed by atoms with Gasteiger partial charge in [-0.1, -0.05) is 6.92 Å². The third-order valence-corrected chi connectivity index (χ3v) is 6.43. The van der Waals surface area contributed by atoms with Crippen LogP contribution in [0.15, 0.2) is 17.1 Å². The minimum atomic E-state index is -1.58. The van der Waals surface area contributed by atoms with Gasteiger partial charge in [0.25, 0.3) is 0 Å². The van der Waals surface area contributed by atoms with Crippen LogP contribution in [0.25, 0.3) is 11.0 Å². The quantitative estimate of drug-likeness (QED) is 0.775. The van der Waals surface area contributed by atoms with Crippen molar-refractivity contribution in [1.29, 1.82) is 0 Å². The molecule has 0 amide bonds. The number of rotatable bonds is 3. The highest BCUT2D eigenvalue weighted by Crippen LogP contribution is 2.51. The minimum absolute atomic E-state index is 0.0250. The summed E-state index contributed by atoms with van der Waals surface area (Å²) in [5, 5.41) is 8.90. The van der Waals surface area contributed by atoms with Crippen molar-refractivity contribution in [2.45, 2.75) is 38.3 Å². The van der Waals surface area contributed by atoms with Crippen molar-refractivity contribution >= 4 is 23.0 Å². The maximum Gasteiger partial charge on any atom is 0.511 e. The topological polar surface area (TPSA) is 111 Å². The maximum atomic E-state index is 14.9. The standard InChI is InChI=1S/C19H21FN4O4/c1-19-5-13(21)11(19)6-23(8-19)17-12(20)4-10-15(25)14(28-18(26)27)7-24(9-2-3-9)16(10)22-17/h4,7,9,11,13H,2-3,5-6,8,21H2,1H3,(H,26,27)/t11-,13-,19+/m0/s1. The molecular formula is C19H21FN4O4. The Morgan fingerprint density at radius 1 is 1.46 bits per heavy atom. The summed E-state index contributed by atoms with van der Waals surface area (Å²) in [6, 6.07) is 1.38. The molecule has 0 radical (unpaired) electrons. The molecule has 3 aliphatic rings. The zero-order valence-corrected chi connectivity index (χ0v) is 15.4. The Morgan fingerprint density at radius 2 is 2.21 bits per heavy atom. The molecule has 3 atom stereocenters. The van der Waals surface area contributed by atoms with Crippen molar-refractivity contribution in [3.63, 3.8) is 0 Å². The maximum absolute atomic E-state index is 14.9. The van der Waals surface area contributed by atoms with E-state index in [0.29, 0.717) is 24.7 Å². The smallest absolute Gasteiger partial charge is 0.449 e. The Bertz CT molecular complexity index is 1070. The van der Waals surface area contributed by atoms with Gasteiger partial charge >= 0.3 is 6.16 Å². The van der Waals surface area contributed by atoms with Gasteiger partial charge in [-0.3, -0.25) is 4.79 Å². The molecule has 28 heavy (non-hydrogen) atoms. The Hall–Kier alpha value is -2.68. The van der Waals surface area contributed by atoms with Gasteiger partial charge in [-0.15, -0.1) is 0 Å². The fourth-order valence-electron chi connectivity index (χ4n) is 4.86. The molecule has 0 spiro atoms. The van der Waals surface area contributed by atoms with Crippen LogP contribution in [0.5, 0.6) is 5.75 Å². The normalized spacial score (nSPS) is 28.9. The van der Waals surface area contributed by atoms with Crippen LogP contribution in [-0.4, -0.2) is 39.9 Å². The van der Waals surface area contributed by atoms with Crippen molar-refractivity contribution in [2.75, 3.05) is 18.0 Å². The predicted octanol–water partition coefficient (Wildman–Crippen LogP) is 2.10. The number of nitrogens with zero attached hydrogens (tertiary/aromatic N) is 3. The molecule has 3 fully saturated rings. The van der Waals surface area contributed by atoms with Crippen LogP contribution in [0.1, 0.15) is 32.2 Å². The highest BCUT2D eigenvalue weighted by molar-refractivity contribution is 5.80. The fraction of sp³-hybridized carbons (Fsp3) is 0.526. The van der Waals surface area contributed by atoms with Crippen LogP contribution in [0.3, 0.4) is 0 Å². The number of carboxylic acid groups (broad SMARTS) is 1. The molecule has 0 aromatic carbocycles. The molecule has 0 bridgehead atoms. The fourth-order valence-corrected chi connectivity index (χ4v) is 4.86. The van der Waals surface area contributed by atoms with Crippen molar-refractivity contribution < 1.29 is 19.0 Å². The number of carbonyl (C=O) groups is 1. The van der Waals surface area contributed by atoms with E-state index in [1.165, 1.54) is 6.20 Å². The van der Waals surface area contributed by atoms with E-state index in [1.807, 2.05) is 4.90 Å². The first-order valence-electron chi connectivity index (χ1n) is 9.43. The third-order valence-electron chi connectivity index (χ3n) is 6.43. The van der Waals surface area contributed by atoms with Crippen molar-refractivity contribution in [1.82, 2.24) is 9.55 Å². The minimum Gasteiger partial charge on any atom is -0.449 e. The van der Waals surface area contributed by atoms with Crippen LogP contribution in [0.4, 0.5) is 15.0 Å². The highest BCUT2D eigenvalue weighted by Gasteiger charge is 2.55. The summed E-state index contributed by atoms with van der Waals surface area (Å²) in [7, 11) is 0. The number of pyridine rings is 2. The second kappa shape index (κ2) is 5.66. The van der Waals surface area contributed by atoms with E-state index in [9.17, 15) is 14.0 Å². The monoisotopic (exact) mass is 388 g/mol. The van der Waals surface area contributed by atoms with E-state index in [4.69, 9.17) is 10.8 Å². The predicted molar refractivity (Wildman–Crippen MR) is 99.3 cm³/mol. The molecule has 148 valence electrons. The van der Waals surface area contributed by atoms with E-state index < -0.39 is 17.4 Å². The summed E-state index contributed by atoms with van der Waals surface area (Å²) in [4.78, 5) is 29.9. The molecule has 2 aromatic rings. The molecule has 3 heterocycles. The van der Waals surface area contributed by atoms with Gasteiger partial charge in [0, 0.05) is 25.2 Å². The lowest BCUT2D eigenvalue weighted by Crippen LogP contribution is -2.53.